The molecule has 0 atom stereocenters. The number of hydrogen-bond acceptors (Lipinski definition) is 3. The number of allylic oxidation sites excluding steroid dienone is 1. The lowest BCUT2D eigenvalue weighted by Crippen LogP contribution is -2.17. The molecule has 10 heavy (non-hydrogen) atoms. The van der Waals surface area contributed by atoms with E-state index in [-0.39, 0.29) is 7.12 Å². The molecule has 0 unspecified atom stereocenters. The maximum atomic E-state index is 4.92. The van der Waals surface area contributed by atoms with Gasteiger partial charge in [-0.3, -0.25) is 0 Å². The van der Waals surface area contributed by atoms with E-state index in [0.29, 0.717) is 6.32 Å². The van der Waals surface area contributed by atoms with Crippen LogP contribution in [-0.2, 0) is 14.0 Å². The van der Waals surface area contributed by atoms with E-state index in [4.69, 9.17) is 9.31 Å². The molecule has 0 rings (SSSR count). The first-order chi connectivity index (χ1) is 4.85. The van der Waals surface area contributed by atoms with Crippen LogP contribution in [0.2, 0.25) is 6.32 Å². The van der Waals surface area contributed by atoms with E-state index in [1.807, 2.05) is 6.08 Å². The SMILES string of the molecule is CO/C=C\CB(OC)OC. The first-order valence-electron chi connectivity index (χ1n) is 3.08. The lowest BCUT2D eigenvalue weighted by molar-refractivity contribution is 0.280. The van der Waals surface area contributed by atoms with Crippen LogP contribution in [0.1, 0.15) is 0 Å². The zero-order valence-electron chi connectivity index (χ0n) is 6.66. The minimum atomic E-state index is -0.161. The molecule has 58 valence electrons. The molecule has 0 N–H and O–H groups in total. The Kier molecular flexibility index (Phi) is 6.33. The third-order valence-corrected chi connectivity index (χ3v) is 1.09. The van der Waals surface area contributed by atoms with E-state index in [1.165, 1.54) is 0 Å². The Morgan fingerprint density at radius 1 is 1.20 bits per heavy atom. The van der Waals surface area contributed by atoms with Crippen molar-refractivity contribution in [1.29, 1.82) is 0 Å². The van der Waals surface area contributed by atoms with Gasteiger partial charge in [-0.1, -0.05) is 6.08 Å². The summed E-state index contributed by atoms with van der Waals surface area (Å²) in [5, 5.41) is 0. The average Bonchev–Trinajstić information content (AvgIpc) is 1.99. The van der Waals surface area contributed by atoms with Crippen molar-refractivity contribution < 1.29 is 14.0 Å². The monoisotopic (exact) mass is 144 g/mol. The Labute approximate surface area is 62.1 Å². The number of ether oxygens (including phenoxy) is 1. The Bertz CT molecular complexity index is 91.0. The van der Waals surface area contributed by atoms with Crippen molar-refractivity contribution >= 4 is 7.12 Å². The molecule has 0 spiro atoms. The van der Waals surface area contributed by atoms with Crippen LogP contribution in [0.25, 0.3) is 0 Å². The molecule has 0 saturated heterocycles. The molecular formula is C6H13BO3. The summed E-state index contributed by atoms with van der Waals surface area (Å²) in [6, 6.07) is 0. The highest BCUT2D eigenvalue weighted by Gasteiger charge is 2.10. The molecule has 0 aromatic rings. The summed E-state index contributed by atoms with van der Waals surface area (Å²) in [6.45, 7) is 0. The van der Waals surface area contributed by atoms with Crippen molar-refractivity contribution in [2.75, 3.05) is 21.3 Å². The van der Waals surface area contributed by atoms with Crippen LogP contribution in [0.3, 0.4) is 0 Å². The minimum Gasteiger partial charge on any atom is -0.505 e. The van der Waals surface area contributed by atoms with Gasteiger partial charge in [0.15, 0.2) is 0 Å². The van der Waals surface area contributed by atoms with Gasteiger partial charge in [0.25, 0.3) is 0 Å². The maximum Gasteiger partial charge on any atom is 0.460 e. The molecule has 0 aliphatic heterocycles. The zero-order chi connectivity index (χ0) is 7.82. The van der Waals surface area contributed by atoms with Crippen LogP contribution in [0.5, 0.6) is 0 Å². The summed E-state index contributed by atoms with van der Waals surface area (Å²) in [4.78, 5) is 0. The number of methoxy groups -OCH3 is 1. The molecule has 0 aliphatic carbocycles. The topological polar surface area (TPSA) is 27.7 Å². The predicted octanol–water partition coefficient (Wildman–Crippen LogP) is 0.927. The molecule has 0 aromatic heterocycles. The van der Waals surface area contributed by atoms with Gasteiger partial charge in [0.2, 0.25) is 0 Å². The first-order valence-corrected chi connectivity index (χ1v) is 3.08. The van der Waals surface area contributed by atoms with Crippen LogP contribution < -0.4 is 0 Å². The van der Waals surface area contributed by atoms with Crippen LogP contribution >= 0.6 is 0 Å². The standard InChI is InChI=1S/C6H13BO3/c1-8-6-4-5-7(9-2)10-3/h4,6H,5H2,1-3H3/b6-4-. The van der Waals surface area contributed by atoms with Crippen molar-refractivity contribution in [2.24, 2.45) is 0 Å². The predicted molar refractivity (Wildman–Crippen MR) is 40.7 cm³/mol. The van der Waals surface area contributed by atoms with E-state index in [0.717, 1.165) is 0 Å². The van der Waals surface area contributed by atoms with E-state index in [2.05, 4.69) is 4.74 Å². The first kappa shape index (κ1) is 9.52. The zero-order valence-corrected chi connectivity index (χ0v) is 6.66. The molecule has 0 fully saturated rings. The van der Waals surface area contributed by atoms with Gasteiger partial charge in [-0.05, 0) is 0 Å². The second-order valence-corrected chi connectivity index (χ2v) is 1.74. The quantitative estimate of drug-likeness (QED) is 0.424. The van der Waals surface area contributed by atoms with Gasteiger partial charge >= 0.3 is 7.12 Å². The minimum absolute atomic E-state index is 0.161. The lowest BCUT2D eigenvalue weighted by Gasteiger charge is -2.03. The van der Waals surface area contributed by atoms with Crippen molar-refractivity contribution in [3.63, 3.8) is 0 Å². The van der Waals surface area contributed by atoms with Gasteiger partial charge in [0, 0.05) is 20.5 Å². The third-order valence-electron chi connectivity index (χ3n) is 1.09. The number of rotatable bonds is 5. The van der Waals surface area contributed by atoms with Gasteiger partial charge < -0.3 is 14.0 Å². The summed E-state index contributed by atoms with van der Waals surface area (Å²) < 4.78 is 14.5. The molecule has 0 amide bonds. The van der Waals surface area contributed by atoms with Crippen LogP contribution in [0.4, 0.5) is 0 Å². The van der Waals surface area contributed by atoms with Crippen molar-refractivity contribution in [3.05, 3.63) is 12.3 Å². The summed E-state index contributed by atoms with van der Waals surface area (Å²) in [5.41, 5.74) is 0. The van der Waals surface area contributed by atoms with E-state index < -0.39 is 0 Å². The molecule has 0 bridgehead atoms. The highest BCUT2D eigenvalue weighted by atomic mass is 16.6. The molecule has 4 heteroatoms. The summed E-state index contributed by atoms with van der Waals surface area (Å²) >= 11 is 0. The average molecular weight is 144 g/mol. The normalized spacial score (nSPS) is 10.3. The fraction of sp³-hybridized carbons (Fsp3) is 0.667. The second kappa shape index (κ2) is 6.64. The van der Waals surface area contributed by atoms with E-state index in [1.54, 1.807) is 27.6 Å². The van der Waals surface area contributed by atoms with Crippen molar-refractivity contribution in [1.82, 2.24) is 0 Å². The third kappa shape index (κ3) is 4.41. The summed E-state index contributed by atoms with van der Waals surface area (Å²) in [7, 11) is 4.65. The van der Waals surface area contributed by atoms with Crippen molar-refractivity contribution in [3.8, 4) is 0 Å². The highest BCUT2D eigenvalue weighted by Crippen LogP contribution is 1.94. The smallest absolute Gasteiger partial charge is 0.460 e. The Balaban J connectivity index is 3.34. The largest absolute Gasteiger partial charge is 0.505 e. The molecular weight excluding hydrogens is 131 g/mol. The Morgan fingerprint density at radius 2 is 1.80 bits per heavy atom. The second-order valence-electron chi connectivity index (χ2n) is 1.74. The van der Waals surface area contributed by atoms with Gasteiger partial charge in [0.1, 0.15) is 0 Å². The molecule has 0 radical (unpaired) electrons. The van der Waals surface area contributed by atoms with Crippen LogP contribution in [0.15, 0.2) is 12.3 Å². The fourth-order valence-electron chi connectivity index (χ4n) is 0.552. The summed E-state index contributed by atoms with van der Waals surface area (Å²) in [5.74, 6) is 0. The Hall–Kier alpha value is -0.475. The van der Waals surface area contributed by atoms with E-state index >= 15 is 0 Å². The van der Waals surface area contributed by atoms with Gasteiger partial charge in [-0.25, -0.2) is 0 Å². The lowest BCUT2D eigenvalue weighted by atomic mass is 9.85. The van der Waals surface area contributed by atoms with E-state index in [9.17, 15) is 0 Å². The highest BCUT2D eigenvalue weighted by molar-refractivity contribution is 6.44. The van der Waals surface area contributed by atoms with Crippen LogP contribution in [0, 0.1) is 0 Å². The molecule has 0 saturated carbocycles. The van der Waals surface area contributed by atoms with Gasteiger partial charge in [-0.15, -0.1) is 0 Å². The maximum absolute atomic E-state index is 4.92. The molecule has 3 nitrogen and oxygen atoms in total. The van der Waals surface area contributed by atoms with Crippen LogP contribution in [-0.4, -0.2) is 28.4 Å². The molecule has 0 aliphatic rings. The molecule has 0 heterocycles. The number of hydrogen-bond donors (Lipinski definition) is 0. The fourth-order valence-corrected chi connectivity index (χ4v) is 0.552. The van der Waals surface area contributed by atoms with Gasteiger partial charge in [0.05, 0.1) is 13.4 Å². The Morgan fingerprint density at radius 3 is 2.20 bits per heavy atom. The van der Waals surface area contributed by atoms with Crippen molar-refractivity contribution in [2.45, 2.75) is 6.32 Å². The van der Waals surface area contributed by atoms with Gasteiger partial charge in [-0.2, -0.15) is 0 Å². The summed E-state index contributed by atoms with van der Waals surface area (Å²) in [6.07, 6.45) is 4.16. The molecule has 0 aromatic carbocycles.